The number of hydrogen-bond donors (Lipinski definition) is 5. The van der Waals surface area contributed by atoms with Gasteiger partial charge < -0.3 is 30.9 Å². The van der Waals surface area contributed by atoms with Gasteiger partial charge in [0.25, 0.3) is 5.91 Å². The van der Waals surface area contributed by atoms with Crippen LogP contribution in [0.4, 0.5) is 0 Å². The number of phenols is 1. The van der Waals surface area contributed by atoms with Crippen LogP contribution >= 0.6 is 0 Å². The molecule has 0 unspecified atom stereocenters. The molecule has 1 saturated carbocycles. The molecule has 39 heavy (non-hydrogen) atoms. The van der Waals surface area contributed by atoms with Crippen molar-refractivity contribution in [3.63, 3.8) is 0 Å². The number of carbonyl (C=O) groups excluding carboxylic acids is 5. The Morgan fingerprint density at radius 1 is 1.13 bits per heavy atom. The molecule has 0 aliphatic heterocycles. The lowest BCUT2D eigenvalue weighted by atomic mass is 9.54. The van der Waals surface area contributed by atoms with Gasteiger partial charge in [0.1, 0.15) is 28.9 Å². The van der Waals surface area contributed by atoms with E-state index in [1.807, 2.05) is 0 Å². The number of rotatable bonds is 5. The van der Waals surface area contributed by atoms with Gasteiger partial charge in [-0.3, -0.25) is 28.9 Å². The molecule has 6 N–H and O–H groups in total. The Hall–Kier alpha value is -4.03. The number of fused-ring (bicyclic) bond motifs is 3. The highest BCUT2D eigenvalue weighted by Crippen LogP contribution is 2.57. The molecule has 0 radical (unpaired) electrons. The number of amides is 1. The number of phenolic OH excluding ortho intramolecular Hbond substituents is 1. The van der Waals surface area contributed by atoms with E-state index in [0.29, 0.717) is 5.56 Å². The van der Waals surface area contributed by atoms with Crippen molar-refractivity contribution in [2.45, 2.75) is 50.9 Å². The first-order valence-electron chi connectivity index (χ1n) is 12.3. The quantitative estimate of drug-likeness (QED) is 0.198. The molecule has 1 aromatic carbocycles. The molecular weight excluding hydrogens is 512 g/mol. The summed E-state index contributed by atoms with van der Waals surface area (Å²) in [6.07, 6.45) is -1.58. The van der Waals surface area contributed by atoms with Crippen molar-refractivity contribution in [3.05, 3.63) is 45.7 Å². The molecule has 208 valence electrons. The minimum Gasteiger partial charge on any atom is -0.508 e. The van der Waals surface area contributed by atoms with Crippen molar-refractivity contribution in [1.29, 1.82) is 0 Å². The number of nitrogens with zero attached hydrogens (tertiary/aromatic N) is 1. The Morgan fingerprint density at radius 2 is 1.74 bits per heavy atom. The third-order valence-corrected chi connectivity index (χ3v) is 8.04. The Bertz CT molecular complexity index is 1410. The number of likely N-dealkylation sites (N-methyl/N-ethyl adjacent to an activating group) is 1. The van der Waals surface area contributed by atoms with Crippen LogP contribution in [0.15, 0.2) is 29.0 Å². The van der Waals surface area contributed by atoms with Crippen molar-refractivity contribution in [2.75, 3.05) is 14.1 Å². The molecule has 0 spiro atoms. The number of ketones is 3. The third-order valence-electron chi connectivity index (χ3n) is 8.04. The van der Waals surface area contributed by atoms with Crippen LogP contribution in [0.5, 0.6) is 5.75 Å². The van der Waals surface area contributed by atoms with E-state index in [0.717, 1.165) is 0 Å². The average Bonchev–Trinajstić information content (AvgIpc) is 2.84. The summed E-state index contributed by atoms with van der Waals surface area (Å²) in [4.78, 5) is 65.8. The number of aromatic hydroxyl groups is 1. The van der Waals surface area contributed by atoms with Crippen LogP contribution in [0, 0.1) is 11.8 Å². The van der Waals surface area contributed by atoms with Gasteiger partial charge >= 0.3 is 5.97 Å². The average molecular weight is 543 g/mol. The standard InChI is InChI=1S/C27H30N2O10/c1-6-13(31)39-23-14-9(2)11-7-8-12(10(3)30)20(32)15(11)21(33)16(14)24(35)27(38)18(23)19(29(4)5)22(34)17(25(27)36)26(28)37/h7-9,14,18-19,23,32-33,36,38H,6H2,1-5H3,(H2,28,37)/t9-,14+,18+,19-,23-,27-/m1/s1. The van der Waals surface area contributed by atoms with Crippen molar-refractivity contribution in [2.24, 2.45) is 17.6 Å². The number of aliphatic hydroxyl groups excluding tert-OH is 2. The van der Waals surface area contributed by atoms with Gasteiger partial charge in [0.05, 0.1) is 23.1 Å². The highest BCUT2D eigenvalue weighted by atomic mass is 16.5. The minimum atomic E-state index is -3.02. The number of aliphatic hydroxyl groups is 3. The van der Waals surface area contributed by atoms with Gasteiger partial charge in [0.2, 0.25) is 5.78 Å². The maximum absolute atomic E-state index is 14.1. The van der Waals surface area contributed by atoms with E-state index in [1.54, 1.807) is 6.92 Å². The SMILES string of the molecule is CCC(=O)O[C@@H]1[C@@H]2C(=C(O)c3c(ccc(C(C)=O)c3O)[C@H]2C)C(=O)[C@@]2(O)C(O)=C(C(N)=O)C(=O)[C@H](N(C)C)[C@@H]12. The molecule has 0 bridgehead atoms. The van der Waals surface area contributed by atoms with Gasteiger partial charge in [-0.25, -0.2) is 0 Å². The van der Waals surface area contributed by atoms with Crippen LogP contribution < -0.4 is 5.73 Å². The number of benzene rings is 1. The predicted octanol–water partition coefficient (Wildman–Crippen LogP) is 0.659. The first-order valence-corrected chi connectivity index (χ1v) is 12.3. The van der Waals surface area contributed by atoms with Crippen LogP contribution in [-0.2, 0) is 23.9 Å². The fourth-order valence-corrected chi connectivity index (χ4v) is 6.25. The first kappa shape index (κ1) is 28.0. The van der Waals surface area contributed by atoms with E-state index >= 15 is 0 Å². The third kappa shape index (κ3) is 3.69. The molecule has 0 heterocycles. The second-order valence-electron chi connectivity index (χ2n) is 10.3. The van der Waals surface area contributed by atoms with Gasteiger partial charge in [-0.2, -0.15) is 0 Å². The summed E-state index contributed by atoms with van der Waals surface area (Å²) in [5, 5.41) is 45.3. The molecule has 0 aromatic heterocycles. The lowest BCUT2D eigenvalue weighted by molar-refractivity contribution is -0.185. The fourth-order valence-electron chi connectivity index (χ4n) is 6.25. The molecule has 6 atom stereocenters. The van der Waals surface area contributed by atoms with Crippen molar-refractivity contribution in [3.8, 4) is 5.75 Å². The highest BCUT2D eigenvalue weighted by molar-refractivity contribution is 6.24. The largest absolute Gasteiger partial charge is 0.508 e. The number of carbonyl (C=O) groups is 5. The van der Waals surface area contributed by atoms with Crippen LogP contribution in [0.1, 0.15) is 54.6 Å². The number of primary amides is 1. The lowest BCUT2D eigenvalue weighted by Gasteiger charge is -2.54. The summed E-state index contributed by atoms with van der Waals surface area (Å²) in [5.74, 6) is -11.1. The first-order chi connectivity index (χ1) is 18.1. The van der Waals surface area contributed by atoms with Gasteiger partial charge in [0.15, 0.2) is 17.2 Å². The molecule has 1 fully saturated rings. The zero-order valence-electron chi connectivity index (χ0n) is 22.0. The number of nitrogens with two attached hydrogens (primary N) is 1. The van der Waals surface area contributed by atoms with Crippen molar-refractivity contribution >= 4 is 35.0 Å². The second-order valence-corrected chi connectivity index (χ2v) is 10.3. The van der Waals surface area contributed by atoms with E-state index in [4.69, 9.17) is 10.5 Å². The van der Waals surface area contributed by atoms with E-state index in [2.05, 4.69) is 0 Å². The maximum atomic E-state index is 14.1. The topological polar surface area (TPSA) is 205 Å². The van der Waals surface area contributed by atoms with Crippen molar-refractivity contribution in [1.82, 2.24) is 4.90 Å². The monoisotopic (exact) mass is 542 g/mol. The zero-order valence-corrected chi connectivity index (χ0v) is 22.0. The number of esters is 1. The van der Waals surface area contributed by atoms with Crippen LogP contribution in [0.2, 0.25) is 0 Å². The van der Waals surface area contributed by atoms with Crippen LogP contribution in [-0.4, -0.2) is 86.4 Å². The predicted molar refractivity (Wildman–Crippen MR) is 135 cm³/mol. The van der Waals surface area contributed by atoms with E-state index in [1.165, 1.54) is 45.0 Å². The zero-order chi connectivity index (χ0) is 29.3. The Kier molecular flexibility index (Phi) is 6.68. The molecule has 3 aliphatic carbocycles. The number of hydrogen-bond acceptors (Lipinski definition) is 11. The smallest absolute Gasteiger partial charge is 0.305 e. The molecule has 12 nitrogen and oxygen atoms in total. The van der Waals surface area contributed by atoms with E-state index in [-0.39, 0.29) is 17.5 Å². The van der Waals surface area contributed by atoms with Crippen molar-refractivity contribution < 1.29 is 49.1 Å². The summed E-state index contributed by atoms with van der Waals surface area (Å²) in [5.41, 5.74) is 0.802. The molecule has 3 aliphatic rings. The van der Waals surface area contributed by atoms with Gasteiger partial charge in [-0.15, -0.1) is 0 Å². The van der Waals surface area contributed by atoms with E-state index in [9.17, 15) is 44.4 Å². The van der Waals surface area contributed by atoms with Gasteiger partial charge in [-0.05, 0) is 38.6 Å². The Labute approximate surface area is 223 Å². The van der Waals surface area contributed by atoms with Crippen LogP contribution in [0.25, 0.3) is 5.76 Å². The summed E-state index contributed by atoms with van der Waals surface area (Å²) >= 11 is 0. The second kappa shape index (κ2) is 9.31. The van der Waals surface area contributed by atoms with Crippen LogP contribution in [0.3, 0.4) is 0 Å². The Balaban J connectivity index is 2.13. The van der Waals surface area contributed by atoms with E-state index < -0.39 is 93.1 Å². The summed E-state index contributed by atoms with van der Waals surface area (Å²) in [6.45, 7) is 4.34. The van der Waals surface area contributed by atoms with Gasteiger partial charge in [-0.1, -0.05) is 19.9 Å². The summed E-state index contributed by atoms with van der Waals surface area (Å²) in [6, 6.07) is 1.41. The lowest BCUT2D eigenvalue weighted by Crippen LogP contribution is -2.71. The Morgan fingerprint density at radius 3 is 2.26 bits per heavy atom. The molecule has 4 rings (SSSR count). The summed E-state index contributed by atoms with van der Waals surface area (Å²) in [7, 11) is 2.88. The van der Waals surface area contributed by atoms with Gasteiger partial charge in [0, 0.05) is 17.9 Å². The maximum Gasteiger partial charge on any atom is 0.305 e. The minimum absolute atomic E-state index is 0.115. The molecule has 1 amide bonds. The molecular formula is C27H30N2O10. The molecule has 1 aromatic rings. The number of Topliss-reactive ketones (excluding diaryl/α,β-unsaturated/α-hetero) is 3. The fraction of sp³-hybridized carbons (Fsp3) is 0.444. The highest BCUT2D eigenvalue weighted by Gasteiger charge is 2.69. The normalized spacial score (nSPS) is 30.1. The number of ether oxygens (including phenoxy) is 1. The summed E-state index contributed by atoms with van der Waals surface area (Å²) < 4.78 is 5.75. The molecule has 12 heteroatoms. The molecule has 0 saturated heterocycles.